The Morgan fingerprint density at radius 2 is 1.76 bits per heavy atom. The van der Waals surface area contributed by atoms with E-state index >= 15 is 0 Å². The van der Waals surface area contributed by atoms with Crippen molar-refractivity contribution in [1.82, 2.24) is 15.1 Å². The topological polar surface area (TPSA) is 69.3 Å². The lowest BCUT2D eigenvalue weighted by Crippen LogP contribution is -2.34. The number of carbonyl (C=O) groups excluding carboxylic acids is 1. The smallest absolute Gasteiger partial charge is 0.272 e. The average molecular weight is 497 g/mol. The third kappa shape index (κ3) is 4.39. The highest BCUT2D eigenvalue weighted by molar-refractivity contribution is 5.95. The van der Waals surface area contributed by atoms with Gasteiger partial charge in [0.2, 0.25) is 0 Å². The summed E-state index contributed by atoms with van der Waals surface area (Å²) >= 11 is 0. The van der Waals surface area contributed by atoms with Gasteiger partial charge < -0.3 is 9.80 Å². The van der Waals surface area contributed by atoms with Gasteiger partial charge in [0, 0.05) is 49.1 Å². The monoisotopic (exact) mass is 496 g/mol. The summed E-state index contributed by atoms with van der Waals surface area (Å²) in [5.74, 6) is -0.772. The van der Waals surface area contributed by atoms with Crippen molar-refractivity contribution in [2.75, 3.05) is 31.1 Å². The van der Waals surface area contributed by atoms with Gasteiger partial charge in [0.15, 0.2) is 0 Å². The zero-order valence-electron chi connectivity index (χ0n) is 20.8. The molecule has 2 aliphatic heterocycles. The zero-order chi connectivity index (χ0) is 25.6. The number of fused-ring (bicyclic) bond motifs is 1. The van der Waals surface area contributed by atoms with Crippen molar-refractivity contribution >= 4 is 22.4 Å². The van der Waals surface area contributed by atoms with Crippen LogP contribution in [0.2, 0.25) is 0 Å². The van der Waals surface area contributed by atoms with Gasteiger partial charge in [-0.05, 0) is 55.7 Å². The van der Waals surface area contributed by atoms with Crippen LogP contribution >= 0.6 is 0 Å². The van der Waals surface area contributed by atoms with Gasteiger partial charge in [-0.15, -0.1) is 0 Å². The summed E-state index contributed by atoms with van der Waals surface area (Å²) in [6, 6.07) is 20.5. The number of carbonyl (C=O) groups is 1. The van der Waals surface area contributed by atoms with Crippen molar-refractivity contribution in [3.63, 3.8) is 0 Å². The maximum absolute atomic E-state index is 14.9. The summed E-state index contributed by atoms with van der Waals surface area (Å²) in [4.78, 5) is 29.8. The van der Waals surface area contributed by atoms with Crippen LogP contribution in [0.1, 0.15) is 40.0 Å². The molecule has 1 unspecified atom stereocenters. The fraction of sp³-hybridized carbons (Fsp3) is 0.300. The number of hydrogen-bond acceptors (Lipinski definition) is 4. The first-order valence-corrected chi connectivity index (χ1v) is 12.8. The number of H-pyrrole nitrogens is 1. The van der Waals surface area contributed by atoms with E-state index in [9.17, 15) is 14.0 Å². The minimum atomic E-state index is -0.512. The summed E-state index contributed by atoms with van der Waals surface area (Å²) in [7, 11) is 0. The number of aromatic nitrogens is 2. The molecule has 2 aliphatic rings. The molecule has 1 spiro atoms. The molecule has 0 bridgehead atoms. The fourth-order valence-electron chi connectivity index (χ4n) is 5.87. The van der Waals surface area contributed by atoms with Crippen LogP contribution in [0.25, 0.3) is 10.8 Å². The van der Waals surface area contributed by atoms with Gasteiger partial charge in [0.05, 0.1) is 16.6 Å². The maximum atomic E-state index is 14.9. The van der Waals surface area contributed by atoms with Crippen molar-refractivity contribution < 1.29 is 9.18 Å². The molecule has 7 heteroatoms. The second kappa shape index (κ2) is 9.14. The first-order chi connectivity index (χ1) is 17.9. The molecule has 37 heavy (non-hydrogen) atoms. The summed E-state index contributed by atoms with van der Waals surface area (Å²) in [6.45, 7) is 5.24. The van der Waals surface area contributed by atoms with Gasteiger partial charge in [0.25, 0.3) is 11.5 Å². The summed E-state index contributed by atoms with van der Waals surface area (Å²) in [5.41, 5.74) is 3.81. The van der Waals surface area contributed by atoms with Crippen molar-refractivity contribution in [2.24, 2.45) is 5.41 Å². The van der Waals surface area contributed by atoms with Crippen LogP contribution in [0.3, 0.4) is 0 Å². The molecule has 3 heterocycles. The molecule has 188 valence electrons. The molecule has 3 aromatic carbocycles. The Hall–Kier alpha value is -4.00. The Morgan fingerprint density at radius 1 is 1.00 bits per heavy atom. The molecule has 6 rings (SSSR count). The van der Waals surface area contributed by atoms with E-state index in [1.807, 2.05) is 23.1 Å². The number of aromatic amines is 1. The summed E-state index contributed by atoms with van der Waals surface area (Å²) < 4.78 is 14.9. The first-order valence-electron chi connectivity index (χ1n) is 12.8. The molecule has 2 fully saturated rings. The van der Waals surface area contributed by atoms with Crippen LogP contribution in [0.4, 0.5) is 10.1 Å². The first kappa shape index (κ1) is 23.4. The van der Waals surface area contributed by atoms with E-state index in [0.717, 1.165) is 36.9 Å². The molecule has 1 aromatic heterocycles. The number of aryl methyl sites for hydroxylation is 1. The predicted octanol–water partition coefficient (Wildman–Crippen LogP) is 4.70. The lowest BCUT2D eigenvalue weighted by molar-refractivity contribution is 0.0771. The van der Waals surface area contributed by atoms with E-state index in [1.165, 1.54) is 17.3 Å². The number of nitrogens with one attached hydrogen (secondary N) is 1. The highest BCUT2D eigenvalue weighted by Gasteiger charge is 2.45. The second-order valence-corrected chi connectivity index (χ2v) is 10.5. The molecule has 4 aromatic rings. The van der Waals surface area contributed by atoms with Crippen LogP contribution < -0.4 is 10.5 Å². The Kier molecular flexibility index (Phi) is 5.78. The Bertz CT molecular complexity index is 1550. The van der Waals surface area contributed by atoms with Crippen LogP contribution in [0, 0.1) is 18.2 Å². The number of hydrogen-bond donors (Lipinski definition) is 1. The Balaban J connectivity index is 1.20. The van der Waals surface area contributed by atoms with Gasteiger partial charge in [-0.3, -0.25) is 9.59 Å². The molecule has 2 saturated heterocycles. The molecule has 1 amide bonds. The molecule has 1 N–H and O–H groups in total. The van der Waals surface area contributed by atoms with Gasteiger partial charge in [-0.2, -0.15) is 5.10 Å². The van der Waals surface area contributed by atoms with Crippen LogP contribution in [-0.2, 0) is 6.42 Å². The molecule has 0 aliphatic carbocycles. The van der Waals surface area contributed by atoms with E-state index < -0.39 is 5.82 Å². The van der Waals surface area contributed by atoms with Gasteiger partial charge in [0.1, 0.15) is 5.82 Å². The molecule has 0 radical (unpaired) electrons. The SMILES string of the molecule is Cc1ccc(N2CCC3(CCN(C(=O)c4cc(Cc5n[nH]c(=O)c6ccccc56)ccc4F)C3)C2)cc1. The number of anilines is 1. The van der Waals surface area contributed by atoms with E-state index in [4.69, 9.17) is 0 Å². The normalized spacial score (nSPS) is 19.3. The highest BCUT2D eigenvalue weighted by Crippen LogP contribution is 2.41. The number of benzene rings is 3. The molecular formula is C30H29FN4O2. The Morgan fingerprint density at radius 3 is 2.57 bits per heavy atom. The van der Waals surface area contributed by atoms with Crippen molar-refractivity contribution in [3.05, 3.63) is 105 Å². The van der Waals surface area contributed by atoms with Crippen LogP contribution in [0.5, 0.6) is 0 Å². The largest absolute Gasteiger partial charge is 0.371 e. The van der Waals surface area contributed by atoms with E-state index in [0.29, 0.717) is 30.6 Å². The number of amides is 1. The third-order valence-electron chi connectivity index (χ3n) is 7.97. The molecule has 0 saturated carbocycles. The summed E-state index contributed by atoms with van der Waals surface area (Å²) in [6.07, 6.45) is 2.33. The lowest BCUT2D eigenvalue weighted by Gasteiger charge is -2.26. The van der Waals surface area contributed by atoms with Crippen LogP contribution in [-0.4, -0.2) is 47.2 Å². The minimum Gasteiger partial charge on any atom is -0.371 e. The van der Waals surface area contributed by atoms with Crippen LogP contribution in [0.15, 0.2) is 71.5 Å². The highest BCUT2D eigenvalue weighted by atomic mass is 19.1. The molecule has 1 atom stereocenters. The van der Waals surface area contributed by atoms with Gasteiger partial charge in [-0.1, -0.05) is 42.0 Å². The van der Waals surface area contributed by atoms with Crippen molar-refractivity contribution in [1.29, 1.82) is 0 Å². The quantitative estimate of drug-likeness (QED) is 0.445. The Labute approximate surface area is 214 Å². The van der Waals surface area contributed by atoms with E-state index in [1.54, 1.807) is 18.2 Å². The average Bonchev–Trinajstić information content (AvgIpc) is 3.53. The maximum Gasteiger partial charge on any atom is 0.272 e. The van der Waals surface area contributed by atoms with E-state index in [-0.39, 0.29) is 22.4 Å². The minimum absolute atomic E-state index is 0.0490. The van der Waals surface area contributed by atoms with Gasteiger partial charge >= 0.3 is 0 Å². The van der Waals surface area contributed by atoms with E-state index in [2.05, 4.69) is 46.3 Å². The standard InChI is InChI=1S/C30H29FN4O2/c1-20-6-9-22(10-7-20)34-14-12-30(18-34)13-15-35(19-30)29(37)25-16-21(8-11-26(25)31)17-27-23-4-2-3-5-24(23)28(36)33-32-27/h2-11,16H,12-15,17-19H2,1H3,(H,33,36). The predicted molar refractivity (Wildman–Crippen MR) is 143 cm³/mol. The van der Waals surface area contributed by atoms with Crippen molar-refractivity contribution in [2.45, 2.75) is 26.2 Å². The second-order valence-electron chi connectivity index (χ2n) is 10.5. The summed E-state index contributed by atoms with van der Waals surface area (Å²) in [5, 5.41) is 8.09. The number of likely N-dealkylation sites (tertiary alicyclic amines) is 1. The van der Waals surface area contributed by atoms with Crippen molar-refractivity contribution in [3.8, 4) is 0 Å². The fourth-order valence-corrected chi connectivity index (χ4v) is 5.87. The van der Waals surface area contributed by atoms with Gasteiger partial charge in [-0.25, -0.2) is 9.49 Å². The zero-order valence-corrected chi connectivity index (χ0v) is 20.8. The molecule has 6 nitrogen and oxygen atoms in total. The lowest BCUT2D eigenvalue weighted by atomic mass is 9.86. The number of rotatable bonds is 4. The number of halogens is 1. The third-order valence-corrected chi connectivity index (χ3v) is 7.97. The molecular weight excluding hydrogens is 467 g/mol. The number of nitrogens with zero attached hydrogens (tertiary/aromatic N) is 3.